The summed E-state index contributed by atoms with van der Waals surface area (Å²) >= 11 is 3.46. The van der Waals surface area contributed by atoms with E-state index in [1.807, 2.05) is 11.9 Å². The van der Waals surface area contributed by atoms with Crippen molar-refractivity contribution in [3.05, 3.63) is 0 Å². The molecule has 2 unspecified atom stereocenters. The molecular weight excluding hydrogens is 302 g/mol. The average molecular weight is 328 g/mol. The van der Waals surface area contributed by atoms with Crippen molar-refractivity contribution in [2.24, 2.45) is 22.7 Å². The Morgan fingerprint density at radius 3 is 2.42 bits per heavy atom. The number of carbonyl (C=O) groups is 1. The number of hydrogen-bond donors (Lipinski definition) is 0. The lowest BCUT2D eigenvalue weighted by molar-refractivity contribution is -0.164. The molecule has 4 saturated carbocycles. The molecule has 2 atom stereocenters. The zero-order chi connectivity index (χ0) is 13.7. The lowest BCUT2D eigenvalue weighted by Gasteiger charge is -2.61. The van der Waals surface area contributed by atoms with Gasteiger partial charge < -0.3 is 4.90 Å². The van der Waals surface area contributed by atoms with Crippen LogP contribution < -0.4 is 0 Å². The Morgan fingerprint density at radius 1 is 1.26 bits per heavy atom. The number of rotatable bonds is 4. The summed E-state index contributed by atoms with van der Waals surface area (Å²) in [6.45, 7) is 3.34. The molecule has 0 aromatic rings. The van der Waals surface area contributed by atoms with Gasteiger partial charge in [0.2, 0.25) is 5.91 Å². The molecule has 0 heterocycles. The minimum absolute atomic E-state index is 0.0138. The predicted molar refractivity (Wildman–Crippen MR) is 81.3 cm³/mol. The molecule has 4 bridgehead atoms. The minimum atomic E-state index is 0.0138. The molecule has 1 amide bonds. The van der Waals surface area contributed by atoms with Crippen LogP contribution in [0.5, 0.6) is 0 Å². The second-order valence-electron chi connectivity index (χ2n) is 7.82. The number of carbonyl (C=O) groups excluding carboxylic acids is 1. The van der Waals surface area contributed by atoms with E-state index < -0.39 is 0 Å². The van der Waals surface area contributed by atoms with Gasteiger partial charge in [0.1, 0.15) is 0 Å². The van der Waals surface area contributed by atoms with Crippen LogP contribution in [0.3, 0.4) is 0 Å². The molecule has 108 valence electrons. The lowest BCUT2D eigenvalue weighted by Crippen LogP contribution is -2.57. The van der Waals surface area contributed by atoms with Crippen molar-refractivity contribution in [3.63, 3.8) is 0 Å². The lowest BCUT2D eigenvalue weighted by atomic mass is 9.44. The highest BCUT2D eigenvalue weighted by Gasteiger charge is 2.59. The van der Waals surface area contributed by atoms with Crippen LogP contribution in [-0.4, -0.2) is 29.7 Å². The number of nitrogens with zero attached hydrogens (tertiary/aromatic N) is 1. The van der Waals surface area contributed by atoms with Gasteiger partial charge in [-0.1, -0.05) is 22.9 Å². The normalized spacial score (nSPS) is 43.5. The maximum Gasteiger partial charge on any atom is 0.228 e. The first-order valence-electron chi connectivity index (χ1n) is 7.78. The van der Waals surface area contributed by atoms with E-state index in [9.17, 15) is 4.79 Å². The molecule has 4 aliphatic rings. The van der Waals surface area contributed by atoms with E-state index >= 15 is 0 Å². The van der Waals surface area contributed by atoms with E-state index in [4.69, 9.17) is 0 Å². The Hall–Kier alpha value is -0.0500. The third-order valence-electron chi connectivity index (χ3n) is 5.78. The van der Waals surface area contributed by atoms with Gasteiger partial charge in [0, 0.05) is 18.9 Å². The monoisotopic (exact) mass is 327 g/mol. The Labute approximate surface area is 125 Å². The van der Waals surface area contributed by atoms with Gasteiger partial charge in [-0.05, 0) is 62.2 Å². The van der Waals surface area contributed by atoms with Crippen molar-refractivity contribution >= 4 is 21.8 Å². The number of amides is 1. The summed E-state index contributed by atoms with van der Waals surface area (Å²) in [5.41, 5.74) is 0.482. The zero-order valence-electron chi connectivity index (χ0n) is 12.3. The quantitative estimate of drug-likeness (QED) is 0.718. The maximum atomic E-state index is 13.0. The van der Waals surface area contributed by atoms with Gasteiger partial charge in [-0.3, -0.25) is 4.79 Å². The summed E-state index contributed by atoms with van der Waals surface area (Å²) in [7, 11) is 2.01. The summed E-state index contributed by atoms with van der Waals surface area (Å²) < 4.78 is 0. The van der Waals surface area contributed by atoms with Crippen molar-refractivity contribution in [1.29, 1.82) is 0 Å². The molecule has 0 aromatic heterocycles. The van der Waals surface area contributed by atoms with Gasteiger partial charge in [-0.2, -0.15) is 0 Å². The fourth-order valence-corrected chi connectivity index (χ4v) is 6.02. The smallest absolute Gasteiger partial charge is 0.228 e. The SMILES string of the molecule is CN(CCCBr)C(=O)C12CC3CC(CC(C)(C3)C1)C2. The van der Waals surface area contributed by atoms with E-state index in [0.717, 1.165) is 36.6 Å². The molecule has 4 rings (SSSR count). The summed E-state index contributed by atoms with van der Waals surface area (Å²) in [6, 6.07) is 0. The first-order chi connectivity index (χ1) is 8.96. The Kier molecular flexibility index (Phi) is 3.48. The van der Waals surface area contributed by atoms with Crippen LogP contribution in [0.25, 0.3) is 0 Å². The average Bonchev–Trinajstić information content (AvgIpc) is 2.32. The van der Waals surface area contributed by atoms with Gasteiger partial charge in [0.25, 0.3) is 0 Å². The second kappa shape index (κ2) is 4.75. The Bertz CT molecular complexity index is 367. The van der Waals surface area contributed by atoms with E-state index in [-0.39, 0.29) is 5.41 Å². The van der Waals surface area contributed by atoms with Gasteiger partial charge in [0.05, 0.1) is 5.41 Å². The van der Waals surface area contributed by atoms with E-state index in [1.54, 1.807) is 0 Å². The molecule has 0 saturated heterocycles. The second-order valence-corrected chi connectivity index (χ2v) is 8.61. The summed E-state index contributed by atoms with van der Waals surface area (Å²) in [4.78, 5) is 15.0. The van der Waals surface area contributed by atoms with Crippen LogP contribution in [0.2, 0.25) is 0 Å². The Balaban J connectivity index is 1.78. The largest absolute Gasteiger partial charge is 0.345 e. The standard InChI is InChI=1S/C16H26BrNO/c1-15-7-12-6-13(8-15)10-16(9-12,11-15)14(19)18(2)5-3-4-17/h12-13H,3-11H2,1-2H3. The zero-order valence-corrected chi connectivity index (χ0v) is 13.8. The molecule has 19 heavy (non-hydrogen) atoms. The molecule has 0 N–H and O–H groups in total. The van der Waals surface area contributed by atoms with Crippen LogP contribution >= 0.6 is 15.9 Å². The summed E-state index contributed by atoms with van der Waals surface area (Å²) in [6.07, 6.45) is 8.73. The van der Waals surface area contributed by atoms with Crippen molar-refractivity contribution in [2.45, 2.75) is 51.9 Å². The van der Waals surface area contributed by atoms with Crippen molar-refractivity contribution in [3.8, 4) is 0 Å². The van der Waals surface area contributed by atoms with Crippen LogP contribution in [-0.2, 0) is 4.79 Å². The highest BCUT2D eigenvalue weighted by Crippen LogP contribution is 2.65. The molecule has 4 fully saturated rings. The topological polar surface area (TPSA) is 20.3 Å². The van der Waals surface area contributed by atoms with Gasteiger partial charge in [-0.25, -0.2) is 0 Å². The minimum Gasteiger partial charge on any atom is -0.345 e. The highest BCUT2D eigenvalue weighted by molar-refractivity contribution is 9.09. The fourth-order valence-electron chi connectivity index (χ4n) is 5.77. The van der Waals surface area contributed by atoms with Crippen molar-refractivity contribution in [1.82, 2.24) is 4.90 Å². The van der Waals surface area contributed by atoms with Crippen LogP contribution in [0.15, 0.2) is 0 Å². The third kappa shape index (κ3) is 2.36. The van der Waals surface area contributed by atoms with Crippen LogP contribution in [0.1, 0.15) is 51.9 Å². The van der Waals surface area contributed by atoms with Crippen molar-refractivity contribution < 1.29 is 4.79 Å². The van der Waals surface area contributed by atoms with E-state index in [2.05, 4.69) is 22.9 Å². The molecule has 0 radical (unpaired) electrons. The maximum absolute atomic E-state index is 13.0. The molecule has 0 aromatic carbocycles. The van der Waals surface area contributed by atoms with E-state index in [1.165, 1.54) is 32.1 Å². The molecule has 4 aliphatic carbocycles. The van der Waals surface area contributed by atoms with Crippen molar-refractivity contribution in [2.75, 3.05) is 18.9 Å². The third-order valence-corrected chi connectivity index (χ3v) is 6.34. The first-order valence-corrected chi connectivity index (χ1v) is 8.90. The van der Waals surface area contributed by atoms with Gasteiger partial charge >= 0.3 is 0 Å². The van der Waals surface area contributed by atoms with Gasteiger partial charge in [0.15, 0.2) is 0 Å². The molecule has 3 heteroatoms. The summed E-state index contributed by atoms with van der Waals surface area (Å²) in [5, 5.41) is 0.987. The summed E-state index contributed by atoms with van der Waals surface area (Å²) in [5.74, 6) is 2.12. The number of hydrogen-bond acceptors (Lipinski definition) is 1. The number of halogens is 1. The molecule has 0 aliphatic heterocycles. The first kappa shape index (κ1) is 13.9. The molecular formula is C16H26BrNO. The van der Waals surface area contributed by atoms with Gasteiger partial charge in [-0.15, -0.1) is 0 Å². The highest BCUT2D eigenvalue weighted by atomic mass is 79.9. The van der Waals surface area contributed by atoms with Crippen LogP contribution in [0.4, 0.5) is 0 Å². The number of alkyl halides is 1. The predicted octanol–water partition coefficient (Wildman–Crippen LogP) is 3.84. The Morgan fingerprint density at radius 2 is 1.89 bits per heavy atom. The van der Waals surface area contributed by atoms with Crippen LogP contribution in [0, 0.1) is 22.7 Å². The molecule has 0 spiro atoms. The molecule has 2 nitrogen and oxygen atoms in total. The van der Waals surface area contributed by atoms with E-state index in [0.29, 0.717) is 11.3 Å². The fraction of sp³-hybridized carbons (Fsp3) is 0.938.